The first-order valence-electron chi connectivity index (χ1n) is 6.66. The van der Waals surface area contributed by atoms with E-state index in [1.165, 1.54) is 5.56 Å². The molecule has 1 aromatic heterocycles. The zero-order chi connectivity index (χ0) is 13.1. The Bertz CT molecular complexity index is 389. The monoisotopic (exact) mass is 252 g/mol. The molecule has 2 atom stereocenters. The van der Waals surface area contributed by atoms with Crippen LogP contribution >= 0.6 is 0 Å². The second-order valence-corrected chi connectivity index (χ2v) is 5.25. The molecule has 1 fully saturated rings. The van der Waals surface area contributed by atoms with E-state index in [0.717, 1.165) is 37.8 Å². The maximum absolute atomic E-state index is 5.74. The highest BCUT2D eigenvalue weighted by Gasteiger charge is 2.19. The van der Waals surface area contributed by atoms with E-state index in [4.69, 9.17) is 9.15 Å². The zero-order valence-corrected chi connectivity index (χ0v) is 11.8. The minimum Gasteiger partial charge on any atom is -0.466 e. The second-order valence-electron chi connectivity index (χ2n) is 5.25. The van der Waals surface area contributed by atoms with Crippen molar-refractivity contribution in [2.45, 2.75) is 32.9 Å². The van der Waals surface area contributed by atoms with Crippen molar-refractivity contribution in [2.24, 2.45) is 0 Å². The van der Waals surface area contributed by atoms with Gasteiger partial charge in [0.05, 0.1) is 12.7 Å². The molecular weight excluding hydrogens is 228 g/mol. The SMILES string of the molecule is Cc1cc(C(C)NCC2CN(C)CCO2)c(C)o1. The van der Waals surface area contributed by atoms with Crippen molar-refractivity contribution in [2.75, 3.05) is 33.3 Å². The quantitative estimate of drug-likeness (QED) is 0.888. The van der Waals surface area contributed by atoms with Crippen LogP contribution in [-0.2, 0) is 4.74 Å². The Morgan fingerprint density at radius 1 is 1.50 bits per heavy atom. The summed E-state index contributed by atoms with van der Waals surface area (Å²) in [5, 5.41) is 3.53. The van der Waals surface area contributed by atoms with E-state index >= 15 is 0 Å². The Morgan fingerprint density at radius 3 is 2.89 bits per heavy atom. The summed E-state index contributed by atoms with van der Waals surface area (Å²) in [6, 6.07) is 2.42. The largest absolute Gasteiger partial charge is 0.466 e. The minimum atomic E-state index is 0.291. The number of morpholine rings is 1. The van der Waals surface area contributed by atoms with Gasteiger partial charge in [-0.1, -0.05) is 0 Å². The van der Waals surface area contributed by atoms with Gasteiger partial charge in [-0.2, -0.15) is 0 Å². The average molecular weight is 252 g/mol. The van der Waals surface area contributed by atoms with Crippen molar-refractivity contribution in [3.05, 3.63) is 23.2 Å². The van der Waals surface area contributed by atoms with Crippen molar-refractivity contribution in [3.63, 3.8) is 0 Å². The van der Waals surface area contributed by atoms with Gasteiger partial charge < -0.3 is 19.4 Å². The Balaban J connectivity index is 1.84. The summed E-state index contributed by atoms with van der Waals surface area (Å²) in [7, 11) is 2.14. The summed E-state index contributed by atoms with van der Waals surface area (Å²) in [6.45, 7) is 9.93. The smallest absolute Gasteiger partial charge is 0.105 e. The van der Waals surface area contributed by atoms with E-state index < -0.39 is 0 Å². The Hall–Kier alpha value is -0.840. The predicted molar refractivity (Wildman–Crippen MR) is 71.8 cm³/mol. The fourth-order valence-corrected chi connectivity index (χ4v) is 2.49. The maximum Gasteiger partial charge on any atom is 0.105 e. The normalized spacial score (nSPS) is 23.2. The molecule has 4 nitrogen and oxygen atoms in total. The van der Waals surface area contributed by atoms with Gasteiger partial charge in [-0.25, -0.2) is 0 Å². The molecule has 1 aliphatic rings. The van der Waals surface area contributed by atoms with Gasteiger partial charge in [0.15, 0.2) is 0 Å². The number of furan rings is 1. The lowest BCUT2D eigenvalue weighted by Gasteiger charge is -2.31. The molecule has 0 spiro atoms. The molecule has 1 aromatic rings. The number of likely N-dealkylation sites (N-methyl/N-ethyl adjacent to an activating group) is 1. The summed E-state index contributed by atoms with van der Waals surface area (Å²) in [5.41, 5.74) is 1.25. The number of rotatable bonds is 4. The Kier molecular flexibility index (Phi) is 4.43. The van der Waals surface area contributed by atoms with Crippen LogP contribution in [0.15, 0.2) is 10.5 Å². The van der Waals surface area contributed by atoms with E-state index in [1.54, 1.807) is 0 Å². The maximum atomic E-state index is 5.74. The fraction of sp³-hybridized carbons (Fsp3) is 0.714. The average Bonchev–Trinajstić information content (AvgIpc) is 2.66. The van der Waals surface area contributed by atoms with E-state index in [9.17, 15) is 0 Å². The first-order valence-corrected chi connectivity index (χ1v) is 6.66. The Morgan fingerprint density at radius 2 is 2.28 bits per heavy atom. The summed E-state index contributed by atoms with van der Waals surface area (Å²) < 4.78 is 11.3. The number of ether oxygens (including phenoxy) is 1. The molecular formula is C14H24N2O2. The molecule has 2 unspecified atom stereocenters. The molecule has 0 bridgehead atoms. The summed E-state index contributed by atoms with van der Waals surface area (Å²) in [5.74, 6) is 1.99. The molecule has 0 aliphatic carbocycles. The fourth-order valence-electron chi connectivity index (χ4n) is 2.49. The van der Waals surface area contributed by atoms with Gasteiger partial charge in [0, 0.05) is 31.2 Å². The Labute approximate surface area is 109 Å². The first kappa shape index (κ1) is 13.6. The van der Waals surface area contributed by atoms with Crippen LogP contribution in [0.25, 0.3) is 0 Å². The molecule has 1 N–H and O–H groups in total. The van der Waals surface area contributed by atoms with Crippen molar-refractivity contribution in [3.8, 4) is 0 Å². The third-order valence-electron chi connectivity index (χ3n) is 3.54. The van der Waals surface area contributed by atoms with Gasteiger partial charge in [0.25, 0.3) is 0 Å². The third kappa shape index (κ3) is 3.34. The highest BCUT2D eigenvalue weighted by molar-refractivity contribution is 5.23. The number of hydrogen-bond acceptors (Lipinski definition) is 4. The van der Waals surface area contributed by atoms with Crippen LogP contribution < -0.4 is 5.32 Å². The summed E-state index contributed by atoms with van der Waals surface area (Å²) in [6.07, 6.45) is 0.291. The van der Waals surface area contributed by atoms with Crippen LogP contribution in [0, 0.1) is 13.8 Å². The second kappa shape index (κ2) is 5.87. The minimum absolute atomic E-state index is 0.291. The van der Waals surface area contributed by atoms with Crippen LogP contribution in [0.4, 0.5) is 0 Å². The van der Waals surface area contributed by atoms with Crippen LogP contribution in [0.2, 0.25) is 0 Å². The zero-order valence-electron chi connectivity index (χ0n) is 11.8. The van der Waals surface area contributed by atoms with Crippen molar-refractivity contribution in [1.82, 2.24) is 10.2 Å². The highest BCUT2D eigenvalue weighted by atomic mass is 16.5. The van der Waals surface area contributed by atoms with Crippen molar-refractivity contribution >= 4 is 0 Å². The van der Waals surface area contributed by atoms with Gasteiger partial charge in [-0.15, -0.1) is 0 Å². The molecule has 0 aromatic carbocycles. The highest BCUT2D eigenvalue weighted by Crippen LogP contribution is 2.21. The van der Waals surface area contributed by atoms with Gasteiger partial charge in [0.2, 0.25) is 0 Å². The molecule has 1 saturated heterocycles. The molecule has 18 heavy (non-hydrogen) atoms. The number of aryl methyl sites for hydroxylation is 2. The molecule has 102 valence electrons. The van der Waals surface area contributed by atoms with E-state index in [2.05, 4.69) is 30.3 Å². The molecule has 2 heterocycles. The van der Waals surface area contributed by atoms with Crippen LogP contribution in [0.3, 0.4) is 0 Å². The number of nitrogens with zero attached hydrogens (tertiary/aromatic N) is 1. The topological polar surface area (TPSA) is 37.6 Å². The molecule has 0 amide bonds. The van der Waals surface area contributed by atoms with E-state index in [0.29, 0.717) is 12.1 Å². The van der Waals surface area contributed by atoms with E-state index in [1.807, 2.05) is 13.8 Å². The third-order valence-corrected chi connectivity index (χ3v) is 3.54. The van der Waals surface area contributed by atoms with Crippen LogP contribution in [0.1, 0.15) is 30.0 Å². The number of hydrogen-bond donors (Lipinski definition) is 1. The van der Waals surface area contributed by atoms with Crippen molar-refractivity contribution < 1.29 is 9.15 Å². The number of nitrogens with one attached hydrogen (secondary N) is 1. The predicted octanol–water partition coefficient (Wildman–Crippen LogP) is 1.88. The summed E-state index contributed by atoms with van der Waals surface area (Å²) >= 11 is 0. The molecule has 1 aliphatic heterocycles. The van der Waals surface area contributed by atoms with Gasteiger partial charge in [-0.05, 0) is 33.9 Å². The first-order chi connectivity index (χ1) is 8.56. The molecule has 4 heteroatoms. The summed E-state index contributed by atoms with van der Waals surface area (Å²) in [4.78, 5) is 2.31. The molecule has 2 rings (SSSR count). The van der Waals surface area contributed by atoms with Crippen LogP contribution in [0.5, 0.6) is 0 Å². The lowest BCUT2D eigenvalue weighted by atomic mass is 10.1. The van der Waals surface area contributed by atoms with Crippen molar-refractivity contribution in [1.29, 1.82) is 0 Å². The molecule has 0 saturated carbocycles. The van der Waals surface area contributed by atoms with Gasteiger partial charge in [-0.3, -0.25) is 0 Å². The molecule has 0 radical (unpaired) electrons. The van der Waals surface area contributed by atoms with Gasteiger partial charge in [0.1, 0.15) is 11.5 Å². The lowest BCUT2D eigenvalue weighted by molar-refractivity contribution is -0.0191. The standard InChI is InChI=1S/C14H24N2O2/c1-10-7-14(12(3)18-10)11(2)15-8-13-9-16(4)5-6-17-13/h7,11,13,15H,5-6,8-9H2,1-4H3. The van der Waals surface area contributed by atoms with Crippen LogP contribution in [-0.4, -0.2) is 44.3 Å². The lowest BCUT2D eigenvalue weighted by Crippen LogP contribution is -2.45. The van der Waals surface area contributed by atoms with Gasteiger partial charge >= 0.3 is 0 Å². The van der Waals surface area contributed by atoms with E-state index in [-0.39, 0.29) is 0 Å².